The number of methoxy groups -OCH3 is 1. The average molecular weight is 336 g/mol. The standard InChI is InChI=1S/C14H22ClNO4S/c1-10(16)7-11-8-12(15)9-13(19-2)14(11)20-5-4-6-21(3,17)18/h8-10H,4-7,16H2,1-3H3. The number of benzene rings is 1. The van der Waals surface area contributed by atoms with Gasteiger partial charge in [0.2, 0.25) is 0 Å². The SMILES string of the molecule is COc1cc(Cl)cc(CC(C)N)c1OCCCS(C)(=O)=O. The van der Waals surface area contributed by atoms with Crippen molar-refractivity contribution < 1.29 is 17.9 Å². The zero-order valence-corrected chi connectivity index (χ0v) is 14.1. The quantitative estimate of drug-likeness (QED) is 0.735. The number of hydrogen-bond acceptors (Lipinski definition) is 5. The van der Waals surface area contributed by atoms with Crippen molar-refractivity contribution in [2.45, 2.75) is 25.8 Å². The molecule has 0 heterocycles. The van der Waals surface area contributed by atoms with Gasteiger partial charge in [-0.15, -0.1) is 0 Å². The van der Waals surface area contributed by atoms with E-state index >= 15 is 0 Å². The lowest BCUT2D eigenvalue weighted by Gasteiger charge is -2.17. The maximum absolute atomic E-state index is 11.1. The van der Waals surface area contributed by atoms with Crippen molar-refractivity contribution >= 4 is 21.4 Å². The van der Waals surface area contributed by atoms with E-state index in [1.807, 2.05) is 6.92 Å². The van der Waals surface area contributed by atoms with Gasteiger partial charge in [0.15, 0.2) is 11.5 Å². The number of halogens is 1. The fraction of sp³-hybridized carbons (Fsp3) is 0.571. The Hall–Kier alpha value is -0.980. The van der Waals surface area contributed by atoms with Crippen LogP contribution >= 0.6 is 11.6 Å². The van der Waals surface area contributed by atoms with E-state index in [1.54, 1.807) is 12.1 Å². The Bertz CT molecular complexity index is 573. The van der Waals surface area contributed by atoms with Gasteiger partial charge in [0.1, 0.15) is 9.84 Å². The summed E-state index contributed by atoms with van der Waals surface area (Å²) in [7, 11) is -1.45. The third-order valence-corrected chi connectivity index (χ3v) is 4.01. The Morgan fingerprint density at radius 2 is 2.05 bits per heavy atom. The van der Waals surface area contributed by atoms with Crippen LogP contribution in [0, 0.1) is 0 Å². The minimum atomic E-state index is -2.98. The average Bonchev–Trinajstić information content (AvgIpc) is 2.33. The van der Waals surface area contributed by atoms with Crippen LogP contribution in [-0.2, 0) is 16.3 Å². The summed E-state index contributed by atoms with van der Waals surface area (Å²) in [5.41, 5.74) is 6.68. The number of rotatable bonds is 8. The largest absolute Gasteiger partial charge is 0.493 e. The molecule has 0 aliphatic rings. The van der Waals surface area contributed by atoms with E-state index < -0.39 is 9.84 Å². The predicted octanol–water partition coefficient (Wildman–Crippen LogP) is 2.05. The molecule has 0 aliphatic heterocycles. The first-order chi connectivity index (χ1) is 9.73. The van der Waals surface area contributed by atoms with E-state index in [9.17, 15) is 8.42 Å². The molecule has 0 amide bonds. The third kappa shape index (κ3) is 6.54. The molecule has 1 rings (SSSR count). The van der Waals surface area contributed by atoms with E-state index in [2.05, 4.69) is 0 Å². The van der Waals surface area contributed by atoms with Crippen molar-refractivity contribution in [3.05, 3.63) is 22.7 Å². The van der Waals surface area contributed by atoms with Crippen molar-refractivity contribution in [1.82, 2.24) is 0 Å². The van der Waals surface area contributed by atoms with Crippen LogP contribution in [0.1, 0.15) is 18.9 Å². The molecule has 5 nitrogen and oxygen atoms in total. The molecule has 1 unspecified atom stereocenters. The number of nitrogens with two attached hydrogens (primary N) is 1. The van der Waals surface area contributed by atoms with Gasteiger partial charge in [-0.05, 0) is 25.8 Å². The molecule has 0 saturated heterocycles. The second kappa shape index (κ2) is 7.87. The van der Waals surface area contributed by atoms with Gasteiger partial charge in [0.25, 0.3) is 0 Å². The summed E-state index contributed by atoms with van der Waals surface area (Å²) < 4.78 is 33.2. The lowest BCUT2D eigenvalue weighted by molar-refractivity contribution is 0.291. The molecule has 0 fully saturated rings. The molecule has 0 aliphatic carbocycles. The topological polar surface area (TPSA) is 78.6 Å². The second-order valence-electron chi connectivity index (χ2n) is 5.11. The third-order valence-electron chi connectivity index (χ3n) is 2.76. The van der Waals surface area contributed by atoms with Gasteiger partial charge < -0.3 is 15.2 Å². The molecule has 1 atom stereocenters. The minimum Gasteiger partial charge on any atom is -0.493 e. The van der Waals surface area contributed by atoms with Gasteiger partial charge >= 0.3 is 0 Å². The Morgan fingerprint density at radius 3 is 2.57 bits per heavy atom. The molecule has 2 N–H and O–H groups in total. The summed E-state index contributed by atoms with van der Waals surface area (Å²) in [6.45, 7) is 2.18. The van der Waals surface area contributed by atoms with Gasteiger partial charge in [-0.2, -0.15) is 0 Å². The zero-order valence-electron chi connectivity index (χ0n) is 12.6. The van der Waals surface area contributed by atoms with Crippen LogP contribution in [0.25, 0.3) is 0 Å². The van der Waals surface area contributed by atoms with Crippen LogP contribution in [0.15, 0.2) is 12.1 Å². The molecule has 1 aromatic rings. The van der Waals surface area contributed by atoms with Crippen molar-refractivity contribution in [2.75, 3.05) is 25.7 Å². The molecule has 1 aromatic carbocycles. The molecule has 21 heavy (non-hydrogen) atoms. The Labute approximate surface area is 131 Å². The first-order valence-corrected chi connectivity index (χ1v) is 9.09. The lowest BCUT2D eigenvalue weighted by atomic mass is 10.1. The van der Waals surface area contributed by atoms with Gasteiger partial charge in [0, 0.05) is 29.0 Å². The van der Waals surface area contributed by atoms with E-state index in [-0.39, 0.29) is 18.4 Å². The van der Waals surface area contributed by atoms with Crippen LogP contribution in [0.3, 0.4) is 0 Å². The van der Waals surface area contributed by atoms with E-state index in [0.29, 0.717) is 29.4 Å². The van der Waals surface area contributed by atoms with Crippen LogP contribution in [0.5, 0.6) is 11.5 Å². The molecule has 0 saturated carbocycles. The van der Waals surface area contributed by atoms with E-state index in [0.717, 1.165) is 5.56 Å². The molecule has 0 bridgehead atoms. The highest BCUT2D eigenvalue weighted by atomic mass is 35.5. The van der Waals surface area contributed by atoms with Crippen molar-refractivity contribution in [1.29, 1.82) is 0 Å². The highest BCUT2D eigenvalue weighted by Crippen LogP contribution is 2.35. The van der Waals surface area contributed by atoms with Crippen LogP contribution in [-0.4, -0.2) is 40.2 Å². The highest BCUT2D eigenvalue weighted by molar-refractivity contribution is 7.90. The van der Waals surface area contributed by atoms with E-state index in [1.165, 1.54) is 13.4 Å². The monoisotopic (exact) mass is 335 g/mol. The maximum Gasteiger partial charge on any atom is 0.164 e. The summed E-state index contributed by atoms with van der Waals surface area (Å²) in [5.74, 6) is 1.19. The molecule has 120 valence electrons. The van der Waals surface area contributed by atoms with Gasteiger partial charge in [0.05, 0.1) is 19.5 Å². The normalized spacial score (nSPS) is 13.0. The molecular formula is C14H22ClNO4S. The lowest BCUT2D eigenvalue weighted by Crippen LogP contribution is -2.19. The number of hydrogen-bond donors (Lipinski definition) is 1. The van der Waals surface area contributed by atoms with Gasteiger partial charge in [-0.25, -0.2) is 8.42 Å². The van der Waals surface area contributed by atoms with Crippen molar-refractivity contribution in [2.24, 2.45) is 5.73 Å². The summed E-state index contributed by atoms with van der Waals surface area (Å²) in [6.07, 6.45) is 2.22. The van der Waals surface area contributed by atoms with Crippen molar-refractivity contribution in [3.8, 4) is 11.5 Å². The Balaban J connectivity index is 2.87. The highest BCUT2D eigenvalue weighted by Gasteiger charge is 2.14. The number of sulfone groups is 1. The first-order valence-electron chi connectivity index (χ1n) is 6.65. The van der Waals surface area contributed by atoms with Gasteiger partial charge in [-0.3, -0.25) is 0 Å². The fourth-order valence-corrected chi connectivity index (χ4v) is 2.81. The zero-order chi connectivity index (χ0) is 16.0. The van der Waals surface area contributed by atoms with Crippen LogP contribution < -0.4 is 15.2 Å². The molecule has 0 spiro atoms. The summed E-state index contributed by atoms with van der Waals surface area (Å²) in [5, 5.41) is 0.547. The van der Waals surface area contributed by atoms with Crippen molar-refractivity contribution in [3.63, 3.8) is 0 Å². The van der Waals surface area contributed by atoms with E-state index in [4.69, 9.17) is 26.8 Å². The van der Waals surface area contributed by atoms with Gasteiger partial charge in [-0.1, -0.05) is 11.6 Å². The van der Waals surface area contributed by atoms with Crippen LogP contribution in [0.2, 0.25) is 5.02 Å². The summed E-state index contributed by atoms with van der Waals surface area (Å²) >= 11 is 6.05. The predicted molar refractivity (Wildman–Crippen MR) is 85.2 cm³/mol. The minimum absolute atomic E-state index is 0.0495. The molecule has 7 heteroatoms. The molecular weight excluding hydrogens is 314 g/mol. The maximum atomic E-state index is 11.1. The number of ether oxygens (including phenoxy) is 2. The fourth-order valence-electron chi connectivity index (χ4n) is 1.93. The van der Waals surface area contributed by atoms with Crippen LogP contribution in [0.4, 0.5) is 0 Å². The first kappa shape index (κ1) is 18.1. The smallest absolute Gasteiger partial charge is 0.164 e. The second-order valence-corrected chi connectivity index (χ2v) is 7.81. The summed E-state index contributed by atoms with van der Waals surface area (Å²) in [6, 6.07) is 3.41. The molecule has 0 aromatic heterocycles. The molecule has 0 radical (unpaired) electrons. The Morgan fingerprint density at radius 1 is 1.38 bits per heavy atom. The Kier molecular flexibility index (Phi) is 6.77. The summed E-state index contributed by atoms with van der Waals surface area (Å²) in [4.78, 5) is 0.